The highest BCUT2D eigenvalue weighted by Gasteiger charge is 2.16. The summed E-state index contributed by atoms with van der Waals surface area (Å²) in [6.45, 7) is 8.56. The van der Waals surface area contributed by atoms with E-state index in [1.165, 1.54) is 0 Å². The van der Waals surface area contributed by atoms with Crippen LogP contribution in [-0.2, 0) is 17.8 Å². The minimum atomic E-state index is -0.476. The Morgan fingerprint density at radius 3 is 2.50 bits per heavy atom. The van der Waals surface area contributed by atoms with Crippen LogP contribution < -0.4 is 14.8 Å². The monoisotopic (exact) mass is 502 g/mol. The fraction of sp³-hybridized carbons (Fsp3) is 0.152. The van der Waals surface area contributed by atoms with E-state index in [1.807, 2.05) is 56.3 Å². The van der Waals surface area contributed by atoms with E-state index >= 15 is 0 Å². The Morgan fingerprint density at radius 1 is 1.00 bits per heavy atom. The maximum Gasteiger partial charge on any atom is 0.266 e. The summed E-state index contributed by atoms with van der Waals surface area (Å²) in [4.78, 5) is 12.8. The van der Waals surface area contributed by atoms with Gasteiger partial charge in [0.05, 0.1) is 6.61 Å². The highest BCUT2D eigenvalue weighted by atomic mass is 16.5. The van der Waals surface area contributed by atoms with Gasteiger partial charge in [0.1, 0.15) is 18.2 Å². The normalized spacial score (nSPS) is 11.0. The van der Waals surface area contributed by atoms with Crippen LogP contribution in [0.1, 0.15) is 29.2 Å². The van der Waals surface area contributed by atoms with Gasteiger partial charge in [-0.2, -0.15) is 5.26 Å². The predicted molar refractivity (Wildman–Crippen MR) is 153 cm³/mol. The Hall–Kier alpha value is -4.82. The molecule has 0 fully saturated rings. The molecule has 5 nitrogen and oxygen atoms in total. The van der Waals surface area contributed by atoms with E-state index in [4.69, 9.17) is 9.47 Å². The Balaban J connectivity index is 1.65. The van der Waals surface area contributed by atoms with Crippen molar-refractivity contribution in [2.45, 2.75) is 26.9 Å². The van der Waals surface area contributed by atoms with Crippen LogP contribution in [0.4, 0.5) is 5.69 Å². The number of hydrogen-bond acceptors (Lipinski definition) is 4. The first-order chi connectivity index (χ1) is 18.5. The lowest BCUT2D eigenvalue weighted by Gasteiger charge is -2.17. The van der Waals surface area contributed by atoms with Crippen LogP contribution in [0.3, 0.4) is 0 Å². The van der Waals surface area contributed by atoms with Crippen molar-refractivity contribution in [1.82, 2.24) is 0 Å². The van der Waals surface area contributed by atoms with Crippen molar-refractivity contribution in [3.8, 4) is 17.6 Å². The fourth-order valence-corrected chi connectivity index (χ4v) is 4.22. The summed E-state index contributed by atoms with van der Waals surface area (Å²) < 4.78 is 12.3. The summed E-state index contributed by atoms with van der Waals surface area (Å²) in [5, 5.41) is 14.8. The third-order valence-electron chi connectivity index (χ3n) is 6.06. The van der Waals surface area contributed by atoms with E-state index in [2.05, 4.69) is 36.2 Å². The van der Waals surface area contributed by atoms with E-state index < -0.39 is 5.91 Å². The van der Waals surface area contributed by atoms with Crippen molar-refractivity contribution in [3.63, 3.8) is 0 Å². The van der Waals surface area contributed by atoms with Crippen molar-refractivity contribution in [1.29, 1.82) is 5.26 Å². The number of benzene rings is 4. The van der Waals surface area contributed by atoms with Crippen molar-refractivity contribution < 1.29 is 14.3 Å². The zero-order chi connectivity index (χ0) is 26.9. The molecule has 0 saturated carbocycles. The van der Waals surface area contributed by atoms with Crippen molar-refractivity contribution in [2.75, 3.05) is 11.9 Å². The second kappa shape index (κ2) is 12.4. The van der Waals surface area contributed by atoms with Crippen molar-refractivity contribution in [2.24, 2.45) is 0 Å². The number of nitriles is 1. The first-order valence-corrected chi connectivity index (χ1v) is 12.5. The highest BCUT2D eigenvalue weighted by molar-refractivity contribution is 6.09. The van der Waals surface area contributed by atoms with Crippen LogP contribution in [0.25, 0.3) is 16.8 Å². The third kappa shape index (κ3) is 6.29. The SMILES string of the molecule is C=CCc1cc(/C=C(/C#N)C(=O)Nc2ccc(C)cc2)cc(OCC)c1OCc1cccc2ccccc12. The zero-order valence-electron chi connectivity index (χ0n) is 21.7. The van der Waals surface area contributed by atoms with Crippen molar-refractivity contribution >= 4 is 28.4 Å². The molecule has 0 aromatic heterocycles. The molecule has 0 saturated heterocycles. The topological polar surface area (TPSA) is 71.4 Å². The predicted octanol–water partition coefficient (Wildman–Crippen LogP) is 7.40. The summed E-state index contributed by atoms with van der Waals surface area (Å²) in [6.07, 6.45) is 3.88. The molecule has 38 heavy (non-hydrogen) atoms. The number of ether oxygens (including phenoxy) is 2. The van der Waals surface area contributed by atoms with Crippen LogP contribution in [0.5, 0.6) is 11.5 Å². The molecule has 1 amide bonds. The lowest BCUT2D eigenvalue weighted by atomic mass is 10.0. The molecule has 190 valence electrons. The number of nitrogens with one attached hydrogen (secondary N) is 1. The van der Waals surface area contributed by atoms with E-state index in [0.29, 0.717) is 42.4 Å². The largest absolute Gasteiger partial charge is 0.490 e. The Kier molecular flexibility index (Phi) is 8.58. The molecule has 0 aliphatic heterocycles. The second-order valence-electron chi connectivity index (χ2n) is 8.85. The number of nitrogens with zero attached hydrogens (tertiary/aromatic N) is 1. The lowest BCUT2D eigenvalue weighted by Crippen LogP contribution is -2.13. The van der Waals surface area contributed by atoms with E-state index in [9.17, 15) is 10.1 Å². The van der Waals surface area contributed by atoms with Gasteiger partial charge in [-0.05, 0) is 72.5 Å². The Morgan fingerprint density at radius 2 is 1.76 bits per heavy atom. The highest BCUT2D eigenvalue weighted by Crippen LogP contribution is 2.36. The average Bonchev–Trinajstić information content (AvgIpc) is 2.93. The minimum absolute atomic E-state index is 0.0120. The van der Waals surface area contributed by atoms with E-state index in [0.717, 1.165) is 27.5 Å². The smallest absolute Gasteiger partial charge is 0.266 e. The maximum atomic E-state index is 12.8. The van der Waals surface area contributed by atoms with Crippen LogP contribution in [0.15, 0.2) is 97.1 Å². The van der Waals surface area contributed by atoms with Gasteiger partial charge in [-0.1, -0.05) is 66.2 Å². The molecular weight excluding hydrogens is 472 g/mol. The zero-order valence-corrected chi connectivity index (χ0v) is 21.7. The molecule has 0 aliphatic rings. The van der Waals surface area contributed by atoms with Gasteiger partial charge in [0.2, 0.25) is 0 Å². The van der Waals surface area contributed by atoms with Crippen LogP contribution >= 0.6 is 0 Å². The summed E-state index contributed by atoms with van der Waals surface area (Å²) in [7, 11) is 0. The number of carbonyl (C=O) groups excluding carboxylic acids is 1. The van der Waals surface area contributed by atoms with Gasteiger partial charge in [0.15, 0.2) is 11.5 Å². The molecule has 5 heteroatoms. The molecule has 1 N–H and O–H groups in total. The van der Waals surface area contributed by atoms with Gasteiger partial charge in [0, 0.05) is 11.3 Å². The maximum absolute atomic E-state index is 12.8. The third-order valence-corrected chi connectivity index (χ3v) is 6.06. The summed E-state index contributed by atoms with van der Waals surface area (Å²) in [5.74, 6) is 0.699. The minimum Gasteiger partial charge on any atom is -0.490 e. The second-order valence-corrected chi connectivity index (χ2v) is 8.85. The van der Waals surface area contributed by atoms with Crippen LogP contribution in [0, 0.1) is 18.3 Å². The molecule has 0 aliphatic carbocycles. The average molecular weight is 503 g/mol. The Labute approximate surface area is 223 Å². The summed E-state index contributed by atoms with van der Waals surface area (Å²) >= 11 is 0. The summed E-state index contributed by atoms with van der Waals surface area (Å²) in [5.41, 5.74) is 4.29. The molecule has 0 radical (unpaired) electrons. The van der Waals surface area contributed by atoms with Gasteiger partial charge < -0.3 is 14.8 Å². The van der Waals surface area contributed by atoms with Gasteiger partial charge in [-0.3, -0.25) is 4.79 Å². The molecule has 4 aromatic carbocycles. The number of hydrogen-bond donors (Lipinski definition) is 1. The van der Waals surface area contributed by atoms with Gasteiger partial charge in [-0.15, -0.1) is 6.58 Å². The van der Waals surface area contributed by atoms with Crippen LogP contribution in [0.2, 0.25) is 0 Å². The first-order valence-electron chi connectivity index (χ1n) is 12.5. The lowest BCUT2D eigenvalue weighted by molar-refractivity contribution is -0.112. The number of carbonyl (C=O) groups is 1. The molecule has 4 rings (SSSR count). The standard InChI is InChI=1S/C33H30N2O3/c1-4-9-26-18-24(19-28(21-34)33(36)35-29-16-14-23(3)15-17-29)20-31(37-5-2)32(26)38-22-27-12-8-11-25-10-6-7-13-30(25)27/h4,6-8,10-20H,1,5,9,22H2,2-3H3,(H,35,36)/b28-19-. The van der Waals surface area contributed by atoms with Crippen molar-refractivity contribution in [3.05, 3.63) is 119 Å². The molecule has 0 unspecified atom stereocenters. The number of allylic oxidation sites excluding steroid dienone is 1. The summed E-state index contributed by atoms with van der Waals surface area (Å²) in [6, 6.07) is 27.5. The Bertz CT molecular complexity index is 1520. The van der Waals surface area contributed by atoms with Gasteiger partial charge in [0.25, 0.3) is 5.91 Å². The van der Waals surface area contributed by atoms with Gasteiger partial charge in [-0.25, -0.2) is 0 Å². The molecule has 4 aromatic rings. The molecule has 0 atom stereocenters. The number of amides is 1. The molecule has 0 spiro atoms. The quantitative estimate of drug-likeness (QED) is 0.139. The molecule has 0 heterocycles. The van der Waals surface area contributed by atoms with E-state index in [1.54, 1.807) is 30.4 Å². The molecule has 0 bridgehead atoms. The number of fused-ring (bicyclic) bond motifs is 1. The number of aryl methyl sites for hydroxylation is 1. The molecular formula is C33H30N2O3. The fourth-order valence-electron chi connectivity index (χ4n) is 4.22. The van der Waals surface area contributed by atoms with Gasteiger partial charge >= 0.3 is 0 Å². The van der Waals surface area contributed by atoms with E-state index in [-0.39, 0.29) is 5.57 Å². The van der Waals surface area contributed by atoms with Crippen LogP contribution in [-0.4, -0.2) is 12.5 Å². The number of rotatable bonds is 10. The first kappa shape index (κ1) is 26.2. The number of anilines is 1.